The third kappa shape index (κ3) is 2.95. The van der Waals surface area contributed by atoms with Gasteiger partial charge in [0.1, 0.15) is 11.4 Å². The molecule has 132 valence electrons. The third-order valence-corrected chi connectivity index (χ3v) is 5.08. The Balaban J connectivity index is 1.73. The van der Waals surface area contributed by atoms with Gasteiger partial charge in [-0.1, -0.05) is 48.0 Å². The number of carbonyl (C=O) groups is 1. The zero-order valence-electron chi connectivity index (χ0n) is 14.0. The van der Waals surface area contributed by atoms with E-state index in [2.05, 4.69) is 10.2 Å². The first-order valence-corrected chi connectivity index (χ1v) is 8.91. The van der Waals surface area contributed by atoms with Crippen molar-refractivity contribution >= 4 is 17.5 Å². The number of aromatic nitrogens is 2. The number of phenolic OH excluding ortho intramolecular Hbond substituents is 1. The number of rotatable bonds is 3. The van der Waals surface area contributed by atoms with E-state index in [0.29, 0.717) is 17.3 Å². The Kier molecular flexibility index (Phi) is 4.39. The first kappa shape index (κ1) is 16.7. The molecule has 2 heterocycles. The topological polar surface area (TPSA) is 69.2 Å². The van der Waals surface area contributed by atoms with Crippen LogP contribution in [0.4, 0.5) is 0 Å². The fraction of sp³-hybridized carbons (Fsp3) is 0.200. The molecule has 0 spiro atoms. The number of aromatic hydroxyl groups is 1. The molecular weight excluding hydrogens is 350 g/mol. The second kappa shape index (κ2) is 6.84. The summed E-state index contributed by atoms with van der Waals surface area (Å²) in [6.45, 7) is 0.674. The molecule has 5 nitrogen and oxygen atoms in total. The van der Waals surface area contributed by atoms with Crippen LogP contribution < -0.4 is 0 Å². The summed E-state index contributed by atoms with van der Waals surface area (Å²) in [4.78, 5) is 14.8. The average molecular weight is 368 g/mol. The van der Waals surface area contributed by atoms with Gasteiger partial charge in [0.2, 0.25) is 0 Å². The standard InChI is InChI=1S/C20H18ClN3O2/c21-17-12-22-23-19(17)20(26)24-10-4-9-18(24)16-8-2-1-7-15(16)13-5-3-6-14(25)11-13/h1-3,5-8,11-12,18,25H,4,9-10H2,(H,22,23). The summed E-state index contributed by atoms with van der Waals surface area (Å²) >= 11 is 6.08. The summed E-state index contributed by atoms with van der Waals surface area (Å²) in [6, 6.07) is 15.2. The van der Waals surface area contributed by atoms with Crippen molar-refractivity contribution in [3.05, 3.63) is 71.0 Å². The third-order valence-electron chi connectivity index (χ3n) is 4.80. The van der Waals surface area contributed by atoms with Gasteiger partial charge in [-0.2, -0.15) is 5.10 Å². The predicted octanol–water partition coefficient (Wildman–Crippen LogP) is 4.41. The Morgan fingerprint density at radius 1 is 1.23 bits per heavy atom. The molecule has 1 aliphatic rings. The van der Waals surface area contributed by atoms with E-state index in [4.69, 9.17) is 11.6 Å². The molecule has 2 N–H and O–H groups in total. The van der Waals surface area contributed by atoms with E-state index in [1.807, 2.05) is 41.3 Å². The van der Waals surface area contributed by atoms with Crippen LogP contribution in [0.5, 0.6) is 5.75 Å². The summed E-state index contributed by atoms with van der Waals surface area (Å²) in [6.07, 6.45) is 3.25. The molecule has 1 fully saturated rings. The lowest BCUT2D eigenvalue weighted by molar-refractivity contribution is 0.0730. The molecule has 26 heavy (non-hydrogen) atoms. The Bertz CT molecular complexity index is 953. The number of H-pyrrole nitrogens is 1. The van der Waals surface area contributed by atoms with Gasteiger partial charge in [0, 0.05) is 6.54 Å². The Morgan fingerprint density at radius 3 is 2.85 bits per heavy atom. The van der Waals surface area contributed by atoms with Crippen molar-refractivity contribution in [3.63, 3.8) is 0 Å². The molecule has 0 radical (unpaired) electrons. The van der Waals surface area contributed by atoms with Crippen molar-refractivity contribution in [3.8, 4) is 16.9 Å². The molecule has 2 aromatic carbocycles. The Morgan fingerprint density at radius 2 is 2.08 bits per heavy atom. The Labute approximate surface area is 156 Å². The molecule has 0 saturated carbocycles. The van der Waals surface area contributed by atoms with Gasteiger partial charge in [0.25, 0.3) is 5.91 Å². The van der Waals surface area contributed by atoms with Gasteiger partial charge in [0.15, 0.2) is 0 Å². The second-order valence-electron chi connectivity index (χ2n) is 6.39. The average Bonchev–Trinajstić information content (AvgIpc) is 3.30. The van der Waals surface area contributed by atoms with E-state index in [9.17, 15) is 9.90 Å². The number of likely N-dealkylation sites (tertiary alicyclic amines) is 1. The van der Waals surface area contributed by atoms with Crippen molar-refractivity contribution in [2.24, 2.45) is 0 Å². The summed E-state index contributed by atoms with van der Waals surface area (Å²) in [5.41, 5.74) is 3.34. The van der Waals surface area contributed by atoms with Crippen molar-refractivity contribution in [2.45, 2.75) is 18.9 Å². The van der Waals surface area contributed by atoms with Gasteiger partial charge in [-0.25, -0.2) is 0 Å². The van der Waals surface area contributed by atoms with Crippen LogP contribution in [0.2, 0.25) is 5.02 Å². The highest BCUT2D eigenvalue weighted by molar-refractivity contribution is 6.33. The van der Waals surface area contributed by atoms with Gasteiger partial charge in [-0.15, -0.1) is 0 Å². The first-order chi connectivity index (χ1) is 12.6. The van der Waals surface area contributed by atoms with Crippen molar-refractivity contribution < 1.29 is 9.90 Å². The van der Waals surface area contributed by atoms with Crippen LogP contribution >= 0.6 is 11.6 Å². The van der Waals surface area contributed by atoms with E-state index in [1.54, 1.807) is 12.1 Å². The number of carbonyl (C=O) groups excluding carboxylic acids is 1. The minimum Gasteiger partial charge on any atom is -0.508 e. The minimum atomic E-state index is -0.138. The number of benzene rings is 2. The summed E-state index contributed by atoms with van der Waals surface area (Å²) in [7, 11) is 0. The fourth-order valence-electron chi connectivity index (χ4n) is 3.62. The normalized spacial score (nSPS) is 16.8. The van der Waals surface area contributed by atoms with E-state index in [1.165, 1.54) is 6.20 Å². The maximum atomic E-state index is 12.9. The maximum absolute atomic E-state index is 12.9. The van der Waals surface area contributed by atoms with Crippen LogP contribution in [0.15, 0.2) is 54.7 Å². The fourth-order valence-corrected chi connectivity index (χ4v) is 3.79. The first-order valence-electron chi connectivity index (χ1n) is 8.53. The Hall–Kier alpha value is -2.79. The monoisotopic (exact) mass is 367 g/mol. The van der Waals surface area contributed by atoms with Crippen molar-refractivity contribution in [1.82, 2.24) is 15.1 Å². The number of phenols is 1. The highest BCUT2D eigenvalue weighted by atomic mass is 35.5. The van der Waals surface area contributed by atoms with Crippen LogP contribution in [0.1, 0.15) is 34.9 Å². The largest absolute Gasteiger partial charge is 0.508 e. The molecule has 1 amide bonds. The summed E-state index contributed by atoms with van der Waals surface area (Å²) in [5, 5.41) is 16.7. The lowest BCUT2D eigenvalue weighted by Crippen LogP contribution is -2.31. The molecule has 6 heteroatoms. The van der Waals surface area contributed by atoms with Crippen LogP contribution in [0.3, 0.4) is 0 Å². The van der Waals surface area contributed by atoms with Crippen LogP contribution in [-0.4, -0.2) is 32.7 Å². The maximum Gasteiger partial charge on any atom is 0.273 e. The van der Waals surface area contributed by atoms with Gasteiger partial charge >= 0.3 is 0 Å². The number of halogens is 1. The van der Waals surface area contributed by atoms with Gasteiger partial charge in [-0.05, 0) is 41.7 Å². The molecule has 1 unspecified atom stereocenters. The predicted molar refractivity (Wildman–Crippen MR) is 100 cm³/mol. The molecule has 1 atom stereocenters. The van der Waals surface area contributed by atoms with Gasteiger partial charge in [0.05, 0.1) is 17.3 Å². The van der Waals surface area contributed by atoms with E-state index in [-0.39, 0.29) is 17.7 Å². The number of nitrogens with one attached hydrogen (secondary N) is 1. The van der Waals surface area contributed by atoms with Crippen LogP contribution in [0, 0.1) is 0 Å². The molecule has 0 bridgehead atoms. The molecule has 1 aliphatic heterocycles. The van der Waals surface area contributed by atoms with Crippen molar-refractivity contribution in [1.29, 1.82) is 0 Å². The summed E-state index contributed by atoms with van der Waals surface area (Å²) in [5.74, 6) is 0.0848. The SMILES string of the molecule is O=C(c1[nH]ncc1Cl)N1CCCC1c1ccccc1-c1cccc(O)c1. The van der Waals surface area contributed by atoms with Crippen LogP contribution in [0.25, 0.3) is 11.1 Å². The van der Waals surface area contributed by atoms with Crippen LogP contribution in [-0.2, 0) is 0 Å². The quantitative estimate of drug-likeness (QED) is 0.720. The molecule has 0 aliphatic carbocycles. The highest BCUT2D eigenvalue weighted by Crippen LogP contribution is 2.39. The number of hydrogen-bond acceptors (Lipinski definition) is 3. The minimum absolute atomic E-state index is 0.0413. The summed E-state index contributed by atoms with van der Waals surface area (Å²) < 4.78 is 0. The molecule has 4 rings (SSSR count). The zero-order chi connectivity index (χ0) is 18.1. The number of nitrogens with zero attached hydrogens (tertiary/aromatic N) is 2. The van der Waals surface area contributed by atoms with E-state index >= 15 is 0 Å². The zero-order valence-corrected chi connectivity index (χ0v) is 14.8. The van der Waals surface area contributed by atoms with Gasteiger partial charge in [-0.3, -0.25) is 9.89 Å². The number of aromatic amines is 1. The van der Waals surface area contributed by atoms with E-state index in [0.717, 1.165) is 29.5 Å². The molecular formula is C20H18ClN3O2. The molecule has 1 aromatic heterocycles. The highest BCUT2D eigenvalue weighted by Gasteiger charge is 2.33. The smallest absolute Gasteiger partial charge is 0.273 e. The lowest BCUT2D eigenvalue weighted by atomic mass is 9.93. The molecule has 3 aromatic rings. The lowest BCUT2D eigenvalue weighted by Gasteiger charge is -2.26. The second-order valence-corrected chi connectivity index (χ2v) is 6.79. The number of amides is 1. The van der Waals surface area contributed by atoms with Gasteiger partial charge < -0.3 is 10.0 Å². The molecule has 1 saturated heterocycles. The van der Waals surface area contributed by atoms with Crippen molar-refractivity contribution in [2.75, 3.05) is 6.54 Å². The van der Waals surface area contributed by atoms with E-state index < -0.39 is 0 Å². The number of hydrogen-bond donors (Lipinski definition) is 2.